The van der Waals surface area contributed by atoms with Crippen molar-refractivity contribution in [2.24, 2.45) is 22.4 Å². The summed E-state index contributed by atoms with van der Waals surface area (Å²) in [6.07, 6.45) is 6.53. The fourth-order valence-corrected chi connectivity index (χ4v) is 4.52. The van der Waals surface area contributed by atoms with E-state index in [9.17, 15) is 4.79 Å². The van der Waals surface area contributed by atoms with Crippen LogP contribution in [0.5, 0.6) is 5.75 Å². The topological polar surface area (TPSA) is 50.7 Å². The number of carbonyl (C=O) groups excluding carboxylic acids is 1. The first kappa shape index (κ1) is 17.8. The Morgan fingerprint density at radius 3 is 2.85 bits per heavy atom. The molecule has 2 aliphatic carbocycles. The number of hydrogen-bond donors (Lipinski definition) is 1. The highest BCUT2D eigenvalue weighted by molar-refractivity contribution is 5.86. The lowest BCUT2D eigenvalue weighted by Gasteiger charge is -2.15. The fourth-order valence-electron chi connectivity index (χ4n) is 4.52. The Bertz CT molecular complexity index is 833. The zero-order valence-electron chi connectivity index (χ0n) is 15.7. The fraction of sp³-hybridized carbons (Fsp3) is 0.391. The summed E-state index contributed by atoms with van der Waals surface area (Å²) < 4.78 is 5.84. The van der Waals surface area contributed by atoms with Gasteiger partial charge < -0.3 is 4.74 Å². The molecule has 0 saturated heterocycles. The second-order valence-electron chi connectivity index (χ2n) is 7.92. The van der Waals surface area contributed by atoms with E-state index in [2.05, 4.69) is 17.5 Å². The Morgan fingerprint density at radius 2 is 2.07 bits per heavy atom. The molecule has 3 atom stereocenters. The van der Waals surface area contributed by atoms with Gasteiger partial charge in [-0.05, 0) is 47.4 Å². The molecule has 27 heavy (non-hydrogen) atoms. The van der Waals surface area contributed by atoms with E-state index < -0.39 is 0 Å². The molecule has 2 aliphatic rings. The summed E-state index contributed by atoms with van der Waals surface area (Å²) in [4.78, 5) is 12.4. The normalized spacial score (nSPS) is 26.4. The summed E-state index contributed by atoms with van der Waals surface area (Å²) in [5, 5.41) is 4.17. The van der Waals surface area contributed by atoms with Gasteiger partial charge in [0.1, 0.15) is 12.4 Å². The first-order valence-electron chi connectivity index (χ1n) is 9.76. The molecule has 140 valence electrons. The minimum Gasteiger partial charge on any atom is -0.489 e. The Labute approximate surface area is 160 Å². The monoisotopic (exact) mass is 362 g/mol. The number of benzene rings is 2. The van der Waals surface area contributed by atoms with Crippen molar-refractivity contribution in [1.82, 2.24) is 5.43 Å². The van der Waals surface area contributed by atoms with Crippen molar-refractivity contribution < 1.29 is 9.53 Å². The second-order valence-corrected chi connectivity index (χ2v) is 7.92. The van der Waals surface area contributed by atoms with Crippen LogP contribution in [0.3, 0.4) is 0 Å². The average Bonchev–Trinajstić information content (AvgIpc) is 3.33. The van der Waals surface area contributed by atoms with E-state index in [4.69, 9.17) is 4.74 Å². The molecule has 0 bridgehead atoms. The van der Waals surface area contributed by atoms with Crippen LogP contribution in [0, 0.1) is 17.3 Å². The molecule has 0 unspecified atom stereocenters. The highest BCUT2D eigenvalue weighted by Gasteiger charge is 2.64. The Morgan fingerprint density at radius 1 is 1.22 bits per heavy atom. The predicted molar refractivity (Wildman–Crippen MR) is 107 cm³/mol. The number of amides is 1. The highest BCUT2D eigenvalue weighted by atomic mass is 16.5. The van der Waals surface area contributed by atoms with Gasteiger partial charge >= 0.3 is 0 Å². The van der Waals surface area contributed by atoms with Crippen LogP contribution in [-0.2, 0) is 11.4 Å². The molecule has 2 fully saturated rings. The number of ether oxygens (including phenoxy) is 1. The van der Waals surface area contributed by atoms with Crippen LogP contribution < -0.4 is 10.2 Å². The number of rotatable bonds is 6. The van der Waals surface area contributed by atoms with Crippen LogP contribution >= 0.6 is 0 Å². The largest absolute Gasteiger partial charge is 0.489 e. The van der Waals surface area contributed by atoms with E-state index >= 15 is 0 Å². The zero-order valence-corrected chi connectivity index (χ0v) is 15.7. The third-order valence-electron chi connectivity index (χ3n) is 6.11. The highest BCUT2D eigenvalue weighted by Crippen LogP contribution is 2.66. The van der Waals surface area contributed by atoms with Crippen molar-refractivity contribution in [2.45, 2.75) is 39.2 Å². The van der Waals surface area contributed by atoms with Gasteiger partial charge in [-0.2, -0.15) is 5.10 Å². The van der Waals surface area contributed by atoms with Crippen LogP contribution in [0.25, 0.3) is 0 Å². The maximum atomic E-state index is 12.4. The summed E-state index contributed by atoms with van der Waals surface area (Å²) in [6.45, 7) is 2.78. The number of carbonyl (C=O) groups is 1. The lowest BCUT2D eigenvalue weighted by atomic mass is 9.90. The third-order valence-corrected chi connectivity index (χ3v) is 6.11. The van der Waals surface area contributed by atoms with Crippen molar-refractivity contribution in [2.75, 3.05) is 0 Å². The van der Waals surface area contributed by atoms with E-state index in [1.807, 2.05) is 54.6 Å². The minimum atomic E-state index is 0.0668. The molecular weight excluding hydrogens is 336 g/mol. The third kappa shape index (κ3) is 3.90. The summed E-state index contributed by atoms with van der Waals surface area (Å²) in [5.74, 6) is 1.54. The quantitative estimate of drug-likeness (QED) is 0.606. The van der Waals surface area contributed by atoms with Gasteiger partial charge in [-0.15, -0.1) is 0 Å². The maximum absolute atomic E-state index is 12.4. The molecule has 2 saturated carbocycles. The van der Waals surface area contributed by atoms with Gasteiger partial charge in [0.2, 0.25) is 5.91 Å². The first-order valence-corrected chi connectivity index (χ1v) is 9.76. The Kier molecular flexibility index (Phi) is 4.97. The summed E-state index contributed by atoms with van der Waals surface area (Å²) in [7, 11) is 0. The van der Waals surface area contributed by atoms with Gasteiger partial charge in [0.15, 0.2) is 0 Å². The first-order chi connectivity index (χ1) is 13.2. The molecule has 0 aliphatic heterocycles. The molecule has 4 rings (SSSR count). The van der Waals surface area contributed by atoms with Crippen LogP contribution in [0.2, 0.25) is 0 Å². The smallest absolute Gasteiger partial charge is 0.244 e. The molecule has 0 heterocycles. The van der Waals surface area contributed by atoms with E-state index in [0.717, 1.165) is 16.9 Å². The van der Waals surface area contributed by atoms with Gasteiger partial charge in [0.25, 0.3) is 0 Å². The second kappa shape index (κ2) is 7.55. The molecule has 4 nitrogen and oxygen atoms in total. The number of fused-ring (bicyclic) bond motifs is 1. The Hall–Kier alpha value is -2.62. The zero-order chi connectivity index (χ0) is 18.7. The van der Waals surface area contributed by atoms with Crippen molar-refractivity contribution >= 4 is 12.1 Å². The van der Waals surface area contributed by atoms with Gasteiger partial charge in [0.05, 0.1) is 6.21 Å². The van der Waals surface area contributed by atoms with Crippen LogP contribution in [0.15, 0.2) is 59.7 Å². The van der Waals surface area contributed by atoms with E-state index in [-0.39, 0.29) is 17.2 Å². The van der Waals surface area contributed by atoms with Crippen LogP contribution in [-0.4, -0.2) is 12.1 Å². The standard InChI is InChI=1S/C23H26N2O2/c1-23-13-6-5-12-20(23)21(23)22(26)25-24-15-18-10-7-11-19(14-18)27-16-17-8-3-2-4-9-17/h2-4,7-11,14-15,20-21H,5-6,12-13,16H2,1H3,(H,25,26)/b24-15-/t20-,21-,23-/m0/s1. The van der Waals surface area contributed by atoms with Gasteiger partial charge in [-0.25, -0.2) is 5.43 Å². The molecule has 1 amide bonds. The number of hydrogen-bond acceptors (Lipinski definition) is 3. The van der Waals surface area contributed by atoms with Crippen molar-refractivity contribution in [3.8, 4) is 5.75 Å². The van der Waals surface area contributed by atoms with E-state index in [1.54, 1.807) is 6.21 Å². The van der Waals surface area contributed by atoms with E-state index in [0.29, 0.717) is 12.5 Å². The lowest BCUT2D eigenvalue weighted by molar-refractivity contribution is -0.123. The number of hydrazone groups is 1. The van der Waals surface area contributed by atoms with Crippen LogP contribution in [0.4, 0.5) is 0 Å². The van der Waals surface area contributed by atoms with Crippen LogP contribution in [0.1, 0.15) is 43.7 Å². The maximum Gasteiger partial charge on any atom is 0.244 e. The van der Waals surface area contributed by atoms with Crippen molar-refractivity contribution in [3.63, 3.8) is 0 Å². The molecule has 0 radical (unpaired) electrons. The van der Waals surface area contributed by atoms with Gasteiger partial charge in [-0.1, -0.05) is 62.2 Å². The Balaban J connectivity index is 1.31. The van der Waals surface area contributed by atoms with Gasteiger partial charge in [0, 0.05) is 5.92 Å². The molecular formula is C23H26N2O2. The SMILES string of the molecule is C[C@]12CCCC[C@H]1[C@H]2C(=O)N/N=C\c1cccc(OCc2ccccc2)c1. The van der Waals surface area contributed by atoms with Crippen molar-refractivity contribution in [3.05, 3.63) is 65.7 Å². The molecule has 0 aromatic heterocycles. The average molecular weight is 362 g/mol. The van der Waals surface area contributed by atoms with Crippen molar-refractivity contribution in [1.29, 1.82) is 0 Å². The summed E-state index contributed by atoms with van der Waals surface area (Å²) >= 11 is 0. The number of nitrogens with zero attached hydrogens (tertiary/aromatic N) is 1. The predicted octanol–water partition coefficient (Wildman–Crippen LogP) is 4.54. The van der Waals surface area contributed by atoms with E-state index in [1.165, 1.54) is 25.7 Å². The molecule has 1 N–H and O–H groups in total. The number of nitrogens with one attached hydrogen (secondary N) is 1. The lowest BCUT2D eigenvalue weighted by Crippen LogP contribution is -2.22. The minimum absolute atomic E-state index is 0.0668. The molecule has 4 heteroatoms. The summed E-state index contributed by atoms with van der Waals surface area (Å²) in [6, 6.07) is 17.8. The van der Waals surface area contributed by atoms with Gasteiger partial charge in [-0.3, -0.25) is 4.79 Å². The molecule has 0 spiro atoms. The molecule has 2 aromatic rings. The molecule has 2 aromatic carbocycles. The summed E-state index contributed by atoms with van der Waals surface area (Å²) in [5.41, 5.74) is 4.98.